The predicted octanol–water partition coefficient (Wildman–Crippen LogP) is 1.87. The summed E-state index contributed by atoms with van der Waals surface area (Å²) in [7, 11) is 0. The van der Waals surface area contributed by atoms with Crippen LogP contribution in [0.2, 0.25) is 0 Å². The van der Waals surface area contributed by atoms with E-state index in [0.29, 0.717) is 24.6 Å². The summed E-state index contributed by atoms with van der Waals surface area (Å²) < 4.78 is 12.0. The first kappa shape index (κ1) is 13.2. The molecule has 3 aromatic rings. The number of amides is 1. The van der Waals surface area contributed by atoms with E-state index in [0.717, 1.165) is 5.56 Å². The van der Waals surface area contributed by atoms with Crippen LogP contribution < -0.4 is 5.32 Å². The van der Waals surface area contributed by atoms with Crippen molar-refractivity contribution in [3.63, 3.8) is 0 Å². The molecule has 0 aliphatic rings. The van der Waals surface area contributed by atoms with Gasteiger partial charge in [0.2, 0.25) is 5.76 Å². The number of hydrogen-bond acceptors (Lipinski definition) is 5. The third kappa shape index (κ3) is 3.02. The summed E-state index contributed by atoms with van der Waals surface area (Å²) in [6.07, 6.45) is 5.22. The lowest BCUT2D eigenvalue weighted by molar-refractivity contribution is 0.0943. The van der Waals surface area contributed by atoms with Crippen LogP contribution >= 0.6 is 0 Å². The Bertz CT molecular complexity index is 727. The summed E-state index contributed by atoms with van der Waals surface area (Å²) in [6.45, 7) is 3.03. The fourth-order valence-electron chi connectivity index (χ4n) is 1.88. The zero-order valence-corrected chi connectivity index (χ0v) is 11.4. The van der Waals surface area contributed by atoms with E-state index in [-0.39, 0.29) is 11.6 Å². The number of rotatable bonds is 5. The van der Waals surface area contributed by atoms with E-state index in [1.54, 1.807) is 29.1 Å². The third-order valence-electron chi connectivity index (χ3n) is 2.90. The zero-order valence-electron chi connectivity index (χ0n) is 11.4. The van der Waals surface area contributed by atoms with Crippen molar-refractivity contribution in [3.05, 3.63) is 48.1 Å². The monoisotopic (exact) mass is 286 g/mol. The molecule has 3 aromatic heterocycles. The predicted molar refractivity (Wildman–Crippen MR) is 73.5 cm³/mol. The van der Waals surface area contributed by atoms with Crippen molar-refractivity contribution >= 4 is 5.91 Å². The molecule has 0 radical (unpaired) electrons. The van der Waals surface area contributed by atoms with Gasteiger partial charge in [0.05, 0.1) is 19.0 Å². The molecule has 0 aliphatic heterocycles. The molecule has 21 heavy (non-hydrogen) atoms. The third-order valence-corrected chi connectivity index (χ3v) is 2.90. The number of carbonyl (C=O) groups excluding carboxylic acids is 1. The van der Waals surface area contributed by atoms with E-state index in [1.165, 1.54) is 6.26 Å². The Kier molecular flexibility index (Phi) is 3.55. The van der Waals surface area contributed by atoms with Crippen LogP contribution in [0, 0.1) is 6.92 Å². The van der Waals surface area contributed by atoms with Crippen LogP contribution in [0.15, 0.2) is 45.8 Å². The minimum atomic E-state index is -0.291. The first-order valence-electron chi connectivity index (χ1n) is 6.50. The number of nitrogens with one attached hydrogen (secondary N) is 1. The lowest BCUT2D eigenvalue weighted by atomic mass is 10.3. The van der Waals surface area contributed by atoms with Crippen LogP contribution in [0.1, 0.15) is 16.1 Å². The first-order valence-corrected chi connectivity index (χ1v) is 6.50. The largest absolute Gasteiger partial charge is 0.461 e. The van der Waals surface area contributed by atoms with Gasteiger partial charge in [-0.15, -0.1) is 0 Å². The average Bonchev–Trinajstić information content (AvgIpc) is 3.19. The standard InChI is InChI=1S/C14H14N4O3/c1-10-8-16-18(9-10)5-4-15-14(19)11-7-13(21-17-11)12-3-2-6-20-12/h2-3,6-9H,4-5H2,1H3,(H,15,19). The quantitative estimate of drug-likeness (QED) is 0.773. The summed E-state index contributed by atoms with van der Waals surface area (Å²) in [5, 5.41) is 10.6. The van der Waals surface area contributed by atoms with Crippen LogP contribution in [0.25, 0.3) is 11.5 Å². The van der Waals surface area contributed by atoms with Crippen molar-refractivity contribution in [1.29, 1.82) is 0 Å². The van der Waals surface area contributed by atoms with Crippen LogP contribution in [-0.4, -0.2) is 27.4 Å². The van der Waals surface area contributed by atoms with Gasteiger partial charge < -0.3 is 14.3 Å². The average molecular weight is 286 g/mol. The smallest absolute Gasteiger partial charge is 0.273 e. The van der Waals surface area contributed by atoms with Gasteiger partial charge in [0.15, 0.2) is 11.5 Å². The number of carbonyl (C=O) groups is 1. The van der Waals surface area contributed by atoms with Gasteiger partial charge in [-0.05, 0) is 24.6 Å². The molecule has 3 heterocycles. The van der Waals surface area contributed by atoms with Gasteiger partial charge in [-0.25, -0.2) is 0 Å². The van der Waals surface area contributed by atoms with Crippen molar-refractivity contribution in [2.75, 3.05) is 6.54 Å². The van der Waals surface area contributed by atoms with E-state index in [9.17, 15) is 4.79 Å². The molecule has 0 fully saturated rings. The summed E-state index contributed by atoms with van der Waals surface area (Å²) >= 11 is 0. The number of nitrogens with zero attached hydrogens (tertiary/aromatic N) is 3. The van der Waals surface area contributed by atoms with Crippen LogP contribution in [0.4, 0.5) is 0 Å². The number of aryl methyl sites for hydroxylation is 1. The maximum atomic E-state index is 11.9. The molecule has 0 aromatic carbocycles. The van der Waals surface area contributed by atoms with Crippen molar-refractivity contribution < 1.29 is 13.7 Å². The summed E-state index contributed by atoms with van der Waals surface area (Å²) in [5.41, 5.74) is 1.30. The van der Waals surface area contributed by atoms with Crippen molar-refractivity contribution in [2.45, 2.75) is 13.5 Å². The first-order chi connectivity index (χ1) is 10.2. The Labute approximate surface area is 120 Å². The van der Waals surface area contributed by atoms with Gasteiger partial charge in [-0.1, -0.05) is 5.16 Å². The van der Waals surface area contributed by atoms with Gasteiger partial charge >= 0.3 is 0 Å². The molecule has 0 atom stereocenters. The highest BCUT2D eigenvalue weighted by Gasteiger charge is 2.14. The van der Waals surface area contributed by atoms with Crippen molar-refractivity contribution in [3.8, 4) is 11.5 Å². The van der Waals surface area contributed by atoms with Gasteiger partial charge in [-0.3, -0.25) is 9.48 Å². The van der Waals surface area contributed by atoms with E-state index in [2.05, 4.69) is 15.6 Å². The molecule has 0 unspecified atom stereocenters. The molecule has 1 N–H and O–H groups in total. The molecule has 1 amide bonds. The van der Waals surface area contributed by atoms with Gasteiger partial charge in [0.25, 0.3) is 5.91 Å². The van der Waals surface area contributed by atoms with Gasteiger partial charge in [0.1, 0.15) is 0 Å². The Morgan fingerprint density at radius 1 is 1.43 bits per heavy atom. The Balaban J connectivity index is 1.56. The van der Waals surface area contributed by atoms with Crippen molar-refractivity contribution in [2.24, 2.45) is 0 Å². The molecule has 7 nitrogen and oxygen atoms in total. The molecule has 108 valence electrons. The molecule has 0 saturated carbocycles. The summed E-state index contributed by atoms with van der Waals surface area (Å²) in [4.78, 5) is 11.9. The molecule has 7 heteroatoms. The zero-order chi connectivity index (χ0) is 14.7. The van der Waals surface area contributed by atoms with Gasteiger partial charge in [0, 0.05) is 18.8 Å². The number of furan rings is 1. The number of aromatic nitrogens is 3. The SMILES string of the molecule is Cc1cnn(CCNC(=O)c2cc(-c3ccco3)on2)c1. The highest BCUT2D eigenvalue weighted by molar-refractivity contribution is 5.92. The van der Waals surface area contributed by atoms with E-state index in [4.69, 9.17) is 8.94 Å². The second kappa shape index (κ2) is 5.66. The van der Waals surface area contributed by atoms with Crippen molar-refractivity contribution in [1.82, 2.24) is 20.3 Å². The maximum Gasteiger partial charge on any atom is 0.273 e. The minimum Gasteiger partial charge on any atom is -0.461 e. The van der Waals surface area contributed by atoms with E-state index < -0.39 is 0 Å². The minimum absolute atomic E-state index is 0.220. The molecule has 0 aliphatic carbocycles. The highest BCUT2D eigenvalue weighted by Crippen LogP contribution is 2.20. The Morgan fingerprint density at radius 3 is 3.05 bits per heavy atom. The highest BCUT2D eigenvalue weighted by atomic mass is 16.5. The fourth-order valence-corrected chi connectivity index (χ4v) is 1.88. The fraction of sp³-hybridized carbons (Fsp3) is 0.214. The Morgan fingerprint density at radius 2 is 2.33 bits per heavy atom. The van der Waals surface area contributed by atoms with Crippen LogP contribution in [-0.2, 0) is 6.54 Å². The molecule has 3 rings (SSSR count). The maximum absolute atomic E-state index is 11.9. The normalized spacial score (nSPS) is 10.7. The second-order valence-electron chi connectivity index (χ2n) is 4.59. The second-order valence-corrected chi connectivity index (χ2v) is 4.59. The number of hydrogen-bond donors (Lipinski definition) is 1. The van der Waals surface area contributed by atoms with E-state index in [1.807, 2.05) is 13.1 Å². The molecule has 0 saturated heterocycles. The topological polar surface area (TPSA) is 86.1 Å². The molecular formula is C14H14N4O3. The van der Waals surface area contributed by atoms with E-state index >= 15 is 0 Å². The molecular weight excluding hydrogens is 272 g/mol. The van der Waals surface area contributed by atoms with Gasteiger partial charge in [-0.2, -0.15) is 5.10 Å². The molecule has 0 bridgehead atoms. The molecule has 0 spiro atoms. The Hall–Kier alpha value is -2.83. The lowest BCUT2D eigenvalue weighted by Gasteiger charge is -2.02. The summed E-state index contributed by atoms with van der Waals surface area (Å²) in [5.74, 6) is 0.668. The lowest BCUT2D eigenvalue weighted by Crippen LogP contribution is -2.27. The van der Waals surface area contributed by atoms with Crippen LogP contribution in [0.3, 0.4) is 0 Å². The van der Waals surface area contributed by atoms with Crippen LogP contribution in [0.5, 0.6) is 0 Å². The summed E-state index contributed by atoms with van der Waals surface area (Å²) in [6, 6.07) is 5.03.